The Morgan fingerprint density at radius 2 is 2.00 bits per heavy atom. The van der Waals surface area contributed by atoms with Crippen LogP contribution in [0, 0.1) is 0 Å². The predicted octanol–water partition coefficient (Wildman–Crippen LogP) is 2.20. The van der Waals surface area contributed by atoms with E-state index in [1.807, 2.05) is 34.5 Å². The summed E-state index contributed by atoms with van der Waals surface area (Å²) >= 11 is 0. The molecule has 3 aromatic heterocycles. The highest BCUT2D eigenvalue weighted by atomic mass is 15.3. The molecule has 0 amide bonds. The Bertz CT molecular complexity index is 945. The highest BCUT2D eigenvalue weighted by molar-refractivity contribution is 5.70. The summed E-state index contributed by atoms with van der Waals surface area (Å²) in [4.78, 5) is 17.2. The summed E-state index contributed by atoms with van der Waals surface area (Å²) in [5, 5.41) is 7.61. The zero-order chi connectivity index (χ0) is 17.1. The number of fused-ring (bicyclic) bond motifs is 1. The van der Waals surface area contributed by atoms with Crippen molar-refractivity contribution >= 4 is 17.1 Å². The van der Waals surface area contributed by atoms with Crippen molar-refractivity contribution in [2.24, 2.45) is 7.05 Å². The molecule has 0 aliphatic heterocycles. The lowest BCUT2D eigenvalue weighted by atomic mass is 10.0. The summed E-state index contributed by atoms with van der Waals surface area (Å²) in [6.07, 6.45) is 7.58. The minimum Gasteiger partial charge on any atom is -0.347 e. The van der Waals surface area contributed by atoms with Gasteiger partial charge in [0.05, 0.1) is 18.6 Å². The molecule has 0 aliphatic carbocycles. The van der Waals surface area contributed by atoms with Crippen LogP contribution >= 0.6 is 0 Å². The monoisotopic (exact) mass is 334 g/mol. The van der Waals surface area contributed by atoms with E-state index in [0.717, 1.165) is 24.1 Å². The molecule has 0 bridgehead atoms. The standard InChI is InChI=1S/C17H18N8/c1-24-12-20-15-9-19-17(23-16(15)24)22-14(13-5-3-2-4-6-13)7-8-25-11-18-10-21-25/h2-6,9-12,14H,7-8H2,1H3,(H,19,22,23). The van der Waals surface area contributed by atoms with Gasteiger partial charge in [-0.1, -0.05) is 30.3 Å². The van der Waals surface area contributed by atoms with E-state index in [0.29, 0.717) is 5.95 Å². The number of anilines is 1. The fourth-order valence-corrected chi connectivity index (χ4v) is 2.76. The second-order valence-electron chi connectivity index (χ2n) is 5.81. The summed E-state index contributed by atoms with van der Waals surface area (Å²) in [6.45, 7) is 0.751. The van der Waals surface area contributed by atoms with E-state index >= 15 is 0 Å². The van der Waals surface area contributed by atoms with Gasteiger partial charge in [0, 0.05) is 13.6 Å². The molecule has 0 spiro atoms. The maximum atomic E-state index is 4.59. The van der Waals surface area contributed by atoms with Gasteiger partial charge in [-0.15, -0.1) is 0 Å². The van der Waals surface area contributed by atoms with E-state index in [-0.39, 0.29) is 6.04 Å². The number of hydrogen-bond donors (Lipinski definition) is 1. The van der Waals surface area contributed by atoms with Crippen molar-refractivity contribution in [3.8, 4) is 0 Å². The third-order valence-electron chi connectivity index (χ3n) is 4.07. The molecule has 8 heteroatoms. The zero-order valence-corrected chi connectivity index (χ0v) is 13.8. The maximum Gasteiger partial charge on any atom is 0.225 e. The fraction of sp³-hybridized carbons (Fsp3) is 0.235. The van der Waals surface area contributed by atoms with Gasteiger partial charge in [-0.05, 0) is 12.0 Å². The Balaban J connectivity index is 1.58. The van der Waals surface area contributed by atoms with Crippen LogP contribution in [0.25, 0.3) is 11.2 Å². The van der Waals surface area contributed by atoms with Crippen LogP contribution < -0.4 is 5.32 Å². The number of rotatable bonds is 6. The van der Waals surface area contributed by atoms with E-state index in [1.54, 1.807) is 25.2 Å². The topological polar surface area (TPSA) is 86.3 Å². The Morgan fingerprint density at radius 3 is 2.80 bits per heavy atom. The lowest BCUT2D eigenvalue weighted by Gasteiger charge is -2.19. The van der Waals surface area contributed by atoms with Gasteiger partial charge in [0.1, 0.15) is 18.2 Å². The fourth-order valence-electron chi connectivity index (χ4n) is 2.76. The number of imidazole rings is 1. The number of benzene rings is 1. The maximum absolute atomic E-state index is 4.59. The SMILES string of the molecule is Cn1cnc2cnc(NC(CCn3cncn3)c3ccccc3)nc21. The summed E-state index contributed by atoms with van der Waals surface area (Å²) in [6, 6.07) is 10.3. The average molecular weight is 334 g/mol. The first-order chi connectivity index (χ1) is 12.3. The smallest absolute Gasteiger partial charge is 0.225 e. The van der Waals surface area contributed by atoms with Crippen LogP contribution in [0.5, 0.6) is 0 Å². The van der Waals surface area contributed by atoms with Crippen LogP contribution in [0.2, 0.25) is 0 Å². The van der Waals surface area contributed by atoms with E-state index in [9.17, 15) is 0 Å². The molecule has 0 saturated heterocycles. The zero-order valence-electron chi connectivity index (χ0n) is 13.8. The van der Waals surface area contributed by atoms with Crippen molar-refractivity contribution in [2.75, 3.05) is 5.32 Å². The molecule has 1 aromatic carbocycles. The van der Waals surface area contributed by atoms with Crippen molar-refractivity contribution in [2.45, 2.75) is 19.0 Å². The van der Waals surface area contributed by atoms with Crippen molar-refractivity contribution in [3.05, 3.63) is 61.1 Å². The first-order valence-electron chi connectivity index (χ1n) is 8.07. The minimum atomic E-state index is 0.0658. The van der Waals surface area contributed by atoms with Crippen molar-refractivity contribution in [1.82, 2.24) is 34.3 Å². The Labute approximate surface area is 144 Å². The third kappa shape index (κ3) is 3.32. The molecule has 3 heterocycles. The van der Waals surface area contributed by atoms with Crippen LogP contribution in [0.15, 0.2) is 55.5 Å². The Hall–Kier alpha value is -3.29. The minimum absolute atomic E-state index is 0.0658. The molecule has 1 unspecified atom stereocenters. The number of nitrogens with one attached hydrogen (secondary N) is 1. The molecule has 4 rings (SSSR count). The lowest BCUT2D eigenvalue weighted by Crippen LogP contribution is -2.16. The van der Waals surface area contributed by atoms with Crippen LogP contribution in [-0.4, -0.2) is 34.3 Å². The van der Waals surface area contributed by atoms with Gasteiger partial charge in [0.15, 0.2) is 5.65 Å². The van der Waals surface area contributed by atoms with Gasteiger partial charge in [-0.25, -0.2) is 15.0 Å². The first kappa shape index (κ1) is 15.3. The summed E-state index contributed by atoms with van der Waals surface area (Å²) < 4.78 is 3.71. The molecular weight excluding hydrogens is 316 g/mol. The van der Waals surface area contributed by atoms with E-state index < -0.39 is 0 Å². The van der Waals surface area contributed by atoms with Crippen LogP contribution in [0.1, 0.15) is 18.0 Å². The van der Waals surface area contributed by atoms with Crippen molar-refractivity contribution in [3.63, 3.8) is 0 Å². The van der Waals surface area contributed by atoms with Gasteiger partial charge in [-0.3, -0.25) is 4.68 Å². The highest BCUT2D eigenvalue weighted by Gasteiger charge is 2.14. The number of aromatic nitrogens is 7. The molecule has 25 heavy (non-hydrogen) atoms. The van der Waals surface area contributed by atoms with Crippen LogP contribution in [0.4, 0.5) is 5.95 Å². The van der Waals surface area contributed by atoms with Gasteiger partial charge >= 0.3 is 0 Å². The Kier molecular flexibility index (Phi) is 4.07. The van der Waals surface area contributed by atoms with Crippen molar-refractivity contribution < 1.29 is 0 Å². The molecule has 1 N–H and O–H groups in total. The van der Waals surface area contributed by atoms with Crippen LogP contribution in [0.3, 0.4) is 0 Å². The predicted molar refractivity (Wildman–Crippen MR) is 93.7 cm³/mol. The number of aryl methyl sites for hydroxylation is 2. The largest absolute Gasteiger partial charge is 0.347 e. The number of hydrogen-bond acceptors (Lipinski definition) is 6. The molecule has 8 nitrogen and oxygen atoms in total. The molecule has 1 atom stereocenters. The van der Waals surface area contributed by atoms with E-state index in [2.05, 4.69) is 42.5 Å². The molecule has 0 fully saturated rings. The quantitative estimate of drug-likeness (QED) is 0.582. The summed E-state index contributed by atoms with van der Waals surface area (Å²) in [5.41, 5.74) is 2.77. The second-order valence-corrected chi connectivity index (χ2v) is 5.81. The van der Waals surface area contributed by atoms with Gasteiger partial charge in [-0.2, -0.15) is 10.1 Å². The van der Waals surface area contributed by atoms with E-state index in [4.69, 9.17) is 0 Å². The molecule has 0 aliphatic rings. The lowest BCUT2D eigenvalue weighted by molar-refractivity contribution is 0.536. The van der Waals surface area contributed by atoms with E-state index in [1.165, 1.54) is 5.56 Å². The normalized spacial score (nSPS) is 12.4. The van der Waals surface area contributed by atoms with Gasteiger partial charge in [0.2, 0.25) is 5.95 Å². The molecule has 126 valence electrons. The third-order valence-corrected chi connectivity index (χ3v) is 4.07. The molecule has 0 radical (unpaired) electrons. The number of nitrogens with zero attached hydrogens (tertiary/aromatic N) is 7. The summed E-state index contributed by atoms with van der Waals surface area (Å²) in [5.74, 6) is 0.587. The van der Waals surface area contributed by atoms with Crippen molar-refractivity contribution in [1.29, 1.82) is 0 Å². The Morgan fingerprint density at radius 1 is 1.12 bits per heavy atom. The summed E-state index contributed by atoms with van der Waals surface area (Å²) in [7, 11) is 1.92. The van der Waals surface area contributed by atoms with Gasteiger partial charge < -0.3 is 9.88 Å². The first-order valence-corrected chi connectivity index (χ1v) is 8.07. The second kappa shape index (κ2) is 6.68. The molecule has 0 saturated carbocycles. The average Bonchev–Trinajstić information content (AvgIpc) is 3.30. The molecular formula is C17H18N8. The molecule has 4 aromatic rings. The van der Waals surface area contributed by atoms with Gasteiger partial charge in [0.25, 0.3) is 0 Å². The highest BCUT2D eigenvalue weighted by Crippen LogP contribution is 2.22. The van der Waals surface area contributed by atoms with Crippen LogP contribution in [-0.2, 0) is 13.6 Å².